The van der Waals surface area contributed by atoms with Gasteiger partial charge in [-0.05, 0) is 50.6 Å². The summed E-state index contributed by atoms with van der Waals surface area (Å²) >= 11 is 1.17. The van der Waals surface area contributed by atoms with Gasteiger partial charge in [0.1, 0.15) is 5.75 Å². The Morgan fingerprint density at radius 1 is 1.17 bits per heavy atom. The molecule has 2 aromatic carbocycles. The third-order valence-electron chi connectivity index (χ3n) is 6.88. The summed E-state index contributed by atoms with van der Waals surface area (Å²) in [4.78, 5) is 45.4. The Hall–Kier alpha value is -4.29. The molecule has 1 aromatic heterocycles. The van der Waals surface area contributed by atoms with Gasteiger partial charge in [0.25, 0.3) is 11.2 Å². The van der Waals surface area contributed by atoms with E-state index in [1.165, 1.54) is 28.0 Å². The van der Waals surface area contributed by atoms with Crippen LogP contribution in [0.25, 0.3) is 6.08 Å². The van der Waals surface area contributed by atoms with E-state index in [0.29, 0.717) is 64.8 Å². The largest absolute Gasteiger partial charge is 0.494 e. The van der Waals surface area contributed by atoms with E-state index in [1.807, 2.05) is 19.1 Å². The summed E-state index contributed by atoms with van der Waals surface area (Å²) in [7, 11) is 0. The molecular formula is C29H30N4O7S. The number of carbonyl (C=O) groups excluding carboxylic acids is 1. The number of allylic oxidation sites excluding steroid dienone is 1. The molecule has 1 unspecified atom stereocenters. The second kappa shape index (κ2) is 12.1. The second-order valence-corrected chi connectivity index (χ2v) is 10.4. The van der Waals surface area contributed by atoms with Crippen LogP contribution in [-0.4, -0.2) is 55.0 Å². The molecule has 0 amide bonds. The first-order chi connectivity index (χ1) is 19.8. The zero-order valence-electron chi connectivity index (χ0n) is 23.0. The Balaban J connectivity index is 1.69. The highest BCUT2D eigenvalue weighted by Gasteiger charge is 2.33. The average molecular weight is 579 g/mol. The van der Waals surface area contributed by atoms with Crippen LogP contribution in [0.1, 0.15) is 37.9 Å². The maximum atomic E-state index is 14.0. The number of hydrogen-bond acceptors (Lipinski definition) is 10. The Morgan fingerprint density at radius 2 is 1.90 bits per heavy atom. The molecule has 0 bridgehead atoms. The number of anilines is 1. The molecule has 1 saturated heterocycles. The molecule has 3 heterocycles. The minimum atomic E-state index is -0.771. The number of non-ortho nitro benzene ring substituents is 1. The van der Waals surface area contributed by atoms with Crippen molar-refractivity contribution in [1.82, 2.24) is 4.57 Å². The number of fused-ring (bicyclic) bond motifs is 1. The van der Waals surface area contributed by atoms with Gasteiger partial charge in [-0.1, -0.05) is 23.5 Å². The summed E-state index contributed by atoms with van der Waals surface area (Å²) < 4.78 is 18.3. The third kappa shape index (κ3) is 5.66. The highest BCUT2D eigenvalue weighted by atomic mass is 32.1. The van der Waals surface area contributed by atoms with Crippen molar-refractivity contribution >= 4 is 34.8 Å². The fourth-order valence-corrected chi connectivity index (χ4v) is 6.06. The van der Waals surface area contributed by atoms with Crippen LogP contribution in [0.3, 0.4) is 0 Å². The summed E-state index contributed by atoms with van der Waals surface area (Å²) in [5.41, 5.74) is 2.32. The molecule has 0 saturated carbocycles. The van der Waals surface area contributed by atoms with Gasteiger partial charge in [0.05, 0.1) is 53.2 Å². The highest BCUT2D eigenvalue weighted by Crippen LogP contribution is 2.32. The molecule has 11 nitrogen and oxygen atoms in total. The van der Waals surface area contributed by atoms with Crippen LogP contribution in [-0.2, 0) is 14.3 Å². The molecule has 41 heavy (non-hydrogen) atoms. The van der Waals surface area contributed by atoms with E-state index in [2.05, 4.69) is 9.89 Å². The lowest BCUT2D eigenvalue weighted by molar-refractivity contribution is -0.384. The predicted octanol–water partition coefficient (Wildman–Crippen LogP) is 2.94. The lowest BCUT2D eigenvalue weighted by Gasteiger charge is -2.30. The molecule has 12 heteroatoms. The van der Waals surface area contributed by atoms with Gasteiger partial charge in [0, 0.05) is 36.5 Å². The molecule has 3 aromatic rings. The second-order valence-electron chi connectivity index (χ2n) is 9.40. The number of carbonyl (C=O) groups is 1. The molecule has 0 radical (unpaired) electrons. The minimum absolute atomic E-state index is 0.0752. The van der Waals surface area contributed by atoms with E-state index >= 15 is 0 Å². The Labute approximate surface area is 239 Å². The van der Waals surface area contributed by atoms with Gasteiger partial charge in [-0.3, -0.25) is 19.5 Å². The third-order valence-corrected chi connectivity index (χ3v) is 7.87. The number of esters is 1. The van der Waals surface area contributed by atoms with Gasteiger partial charge in [0.15, 0.2) is 4.80 Å². The van der Waals surface area contributed by atoms with Crippen molar-refractivity contribution in [3.63, 3.8) is 0 Å². The number of hydrogen-bond donors (Lipinski definition) is 0. The molecule has 0 aliphatic carbocycles. The Bertz CT molecular complexity index is 1690. The van der Waals surface area contributed by atoms with Crippen LogP contribution in [0.15, 0.2) is 63.5 Å². The van der Waals surface area contributed by atoms with Gasteiger partial charge in [0.2, 0.25) is 0 Å². The number of nitro groups is 1. The normalized spacial score (nSPS) is 17.2. The van der Waals surface area contributed by atoms with Crippen molar-refractivity contribution in [3.8, 4) is 5.75 Å². The van der Waals surface area contributed by atoms with Gasteiger partial charge in [-0.25, -0.2) is 9.79 Å². The number of benzene rings is 2. The number of nitro benzene ring substituents is 1. The van der Waals surface area contributed by atoms with Crippen molar-refractivity contribution in [3.05, 3.63) is 94.7 Å². The topological polar surface area (TPSA) is 126 Å². The SMILES string of the molecule is CCOC(=O)C1=C(C)N=c2s/c(=C\c3cc([N+](=O)[O-])ccc3N3CCOCC3)c(=O)n2C1c1ccc(OCC)cc1. The maximum absolute atomic E-state index is 14.0. The van der Waals surface area contributed by atoms with Crippen LogP contribution in [0.4, 0.5) is 11.4 Å². The van der Waals surface area contributed by atoms with Gasteiger partial charge in [-0.15, -0.1) is 0 Å². The molecular weight excluding hydrogens is 548 g/mol. The van der Waals surface area contributed by atoms with Gasteiger partial charge in [-0.2, -0.15) is 0 Å². The lowest BCUT2D eigenvalue weighted by atomic mass is 9.96. The van der Waals surface area contributed by atoms with E-state index < -0.39 is 16.9 Å². The quantitative estimate of drug-likeness (QED) is 0.227. The zero-order valence-corrected chi connectivity index (χ0v) is 23.8. The Kier molecular flexibility index (Phi) is 8.31. The fourth-order valence-electron chi connectivity index (χ4n) is 5.02. The van der Waals surface area contributed by atoms with Crippen LogP contribution < -0.4 is 24.5 Å². The number of thiazole rings is 1. The lowest BCUT2D eigenvalue weighted by Crippen LogP contribution is -2.40. The number of rotatable bonds is 8. The maximum Gasteiger partial charge on any atom is 0.338 e. The predicted molar refractivity (Wildman–Crippen MR) is 154 cm³/mol. The standard InChI is InChI=1S/C29H30N4O7S/c1-4-39-22-9-6-19(7-10-22)26-25(28(35)40-5-2)18(3)30-29-32(26)27(34)24(41-29)17-20-16-21(33(36)37)8-11-23(20)31-12-14-38-15-13-31/h6-11,16-17,26H,4-5,12-15H2,1-3H3/b24-17-. The smallest absolute Gasteiger partial charge is 0.338 e. The number of aromatic nitrogens is 1. The van der Waals surface area contributed by atoms with E-state index in [4.69, 9.17) is 14.2 Å². The van der Waals surface area contributed by atoms with E-state index in [9.17, 15) is 19.7 Å². The summed E-state index contributed by atoms with van der Waals surface area (Å²) in [5, 5.41) is 11.6. The molecule has 0 N–H and O–H groups in total. The van der Waals surface area contributed by atoms with Crippen LogP contribution >= 0.6 is 11.3 Å². The monoisotopic (exact) mass is 578 g/mol. The molecule has 0 spiro atoms. The van der Waals surface area contributed by atoms with Gasteiger partial charge >= 0.3 is 5.97 Å². The van der Waals surface area contributed by atoms with Gasteiger partial charge < -0.3 is 19.1 Å². The van der Waals surface area contributed by atoms with Crippen molar-refractivity contribution in [2.45, 2.75) is 26.8 Å². The summed E-state index contributed by atoms with van der Waals surface area (Å²) in [6.07, 6.45) is 1.67. The zero-order chi connectivity index (χ0) is 29.1. The van der Waals surface area contributed by atoms with E-state index in [-0.39, 0.29) is 23.4 Å². The minimum Gasteiger partial charge on any atom is -0.494 e. The summed E-state index contributed by atoms with van der Waals surface area (Å²) in [6.45, 7) is 8.34. The molecule has 2 aliphatic rings. The molecule has 214 valence electrons. The summed E-state index contributed by atoms with van der Waals surface area (Å²) in [6, 6.07) is 11.1. The number of morpholine rings is 1. The number of ether oxygens (including phenoxy) is 3. The first-order valence-corrected chi connectivity index (χ1v) is 14.2. The van der Waals surface area contributed by atoms with Crippen LogP contribution in [0, 0.1) is 10.1 Å². The van der Waals surface area contributed by atoms with Crippen LogP contribution in [0.2, 0.25) is 0 Å². The van der Waals surface area contributed by atoms with Crippen molar-refractivity contribution in [2.75, 3.05) is 44.4 Å². The molecule has 2 aliphatic heterocycles. The van der Waals surface area contributed by atoms with Crippen LogP contribution in [0.5, 0.6) is 5.75 Å². The highest BCUT2D eigenvalue weighted by molar-refractivity contribution is 7.07. The first-order valence-electron chi connectivity index (χ1n) is 13.4. The molecule has 1 atom stereocenters. The molecule has 5 rings (SSSR count). The first kappa shape index (κ1) is 28.2. The van der Waals surface area contributed by atoms with Crippen molar-refractivity contribution in [2.24, 2.45) is 4.99 Å². The average Bonchev–Trinajstić information content (AvgIpc) is 3.27. The van der Waals surface area contributed by atoms with Crippen molar-refractivity contribution < 1.29 is 23.9 Å². The summed E-state index contributed by atoms with van der Waals surface area (Å²) in [5.74, 6) is 0.124. The number of nitrogens with zero attached hydrogens (tertiary/aromatic N) is 4. The van der Waals surface area contributed by atoms with E-state index in [1.54, 1.807) is 38.1 Å². The Morgan fingerprint density at radius 3 is 2.56 bits per heavy atom. The van der Waals surface area contributed by atoms with Crippen molar-refractivity contribution in [1.29, 1.82) is 0 Å². The molecule has 1 fully saturated rings. The van der Waals surface area contributed by atoms with E-state index in [0.717, 1.165) is 5.69 Å². The fraction of sp³-hybridized carbons (Fsp3) is 0.345.